The molecule has 0 atom stereocenters. The van der Waals surface area contributed by atoms with Crippen LogP contribution in [0, 0.1) is 0 Å². The van der Waals surface area contributed by atoms with Crippen LogP contribution >= 0.6 is 0 Å². The molecule has 0 bridgehead atoms. The number of fused-ring (bicyclic) bond motifs is 1. The Bertz CT molecular complexity index is 1040. The van der Waals surface area contributed by atoms with E-state index in [0.29, 0.717) is 28.0 Å². The Labute approximate surface area is 160 Å². The highest BCUT2D eigenvalue weighted by Crippen LogP contribution is 2.40. The second kappa shape index (κ2) is 7.46. The summed E-state index contributed by atoms with van der Waals surface area (Å²) in [7, 11) is 1.34. The Morgan fingerprint density at radius 3 is 2.68 bits per heavy atom. The topological polar surface area (TPSA) is 77.0 Å². The molecule has 0 unspecified atom stereocenters. The zero-order valence-electron chi connectivity index (χ0n) is 15.2. The number of hydrogen-bond acceptors (Lipinski definition) is 6. The number of carbonyl (C=O) groups is 1. The van der Waals surface area contributed by atoms with Crippen LogP contribution in [0.25, 0.3) is 10.9 Å². The minimum Gasteiger partial charge on any atom is -0.465 e. The van der Waals surface area contributed by atoms with Crippen molar-refractivity contribution in [1.29, 1.82) is 0 Å². The van der Waals surface area contributed by atoms with E-state index in [9.17, 15) is 13.6 Å². The highest BCUT2D eigenvalue weighted by molar-refractivity contribution is 5.91. The Kier molecular flexibility index (Phi) is 4.85. The third-order valence-corrected chi connectivity index (χ3v) is 4.60. The van der Waals surface area contributed by atoms with E-state index < -0.39 is 18.2 Å². The van der Waals surface area contributed by atoms with Gasteiger partial charge < -0.3 is 10.1 Å². The maximum atomic E-state index is 13.1. The molecule has 8 heteroatoms. The van der Waals surface area contributed by atoms with Gasteiger partial charge in [0, 0.05) is 11.3 Å². The Balaban J connectivity index is 1.63. The van der Waals surface area contributed by atoms with Crippen LogP contribution in [0.15, 0.2) is 36.4 Å². The van der Waals surface area contributed by atoms with Gasteiger partial charge in [-0.05, 0) is 37.1 Å². The maximum absolute atomic E-state index is 13.1. The molecule has 2 aromatic heterocycles. The number of methoxy groups -OCH3 is 1. The molecular weight excluding hydrogens is 366 g/mol. The first kappa shape index (κ1) is 18.2. The number of nitrogens with zero attached hydrogens (tertiary/aromatic N) is 3. The zero-order chi connectivity index (χ0) is 19.7. The van der Waals surface area contributed by atoms with E-state index >= 15 is 0 Å². The number of benzene rings is 1. The summed E-state index contributed by atoms with van der Waals surface area (Å²) in [6.07, 6.45) is -0.784. The molecule has 144 valence electrons. The van der Waals surface area contributed by atoms with Crippen LogP contribution in [0.3, 0.4) is 0 Å². The average Bonchev–Trinajstić information content (AvgIpc) is 3.56. The number of halogens is 2. The lowest BCUT2D eigenvalue weighted by atomic mass is 10.1. The molecule has 28 heavy (non-hydrogen) atoms. The first-order valence-electron chi connectivity index (χ1n) is 8.93. The molecule has 0 radical (unpaired) electrons. The van der Waals surface area contributed by atoms with Crippen molar-refractivity contribution in [3.8, 4) is 0 Å². The third-order valence-electron chi connectivity index (χ3n) is 4.60. The number of pyridine rings is 1. The number of hydrogen-bond donors (Lipinski definition) is 1. The summed E-state index contributed by atoms with van der Waals surface area (Å²) in [4.78, 5) is 24.4. The van der Waals surface area contributed by atoms with Crippen molar-refractivity contribution < 1.29 is 18.3 Å². The van der Waals surface area contributed by atoms with Crippen LogP contribution < -0.4 is 5.32 Å². The lowest BCUT2D eigenvalue weighted by Crippen LogP contribution is -2.11. The summed E-state index contributed by atoms with van der Waals surface area (Å²) in [6, 6.07) is 10.4. The number of nitrogens with one attached hydrogen (secondary N) is 1. The van der Waals surface area contributed by atoms with Crippen LogP contribution in [0.4, 0.5) is 14.6 Å². The summed E-state index contributed by atoms with van der Waals surface area (Å²) >= 11 is 0. The number of rotatable bonds is 6. The Morgan fingerprint density at radius 2 is 1.96 bits per heavy atom. The third kappa shape index (κ3) is 3.62. The minimum atomic E-state index is -2.76. The predicted molar refractivity (Wildman–Crippen MR) is 99.4 cm³/mol. The highest BCUT2D eigenvalue weighted by atomic mass is 19.3. The fraction of sp³-hybridized carbons (Fsp3) is 0.300. The Hall–Kier alpha value is -3.16. The van der Waals surface area contributed by atoms with Gasteiger partial charge in [-0.3, -0.25) is 4.98 Å². The van der Waals surface area contributed by atoms with E-state index in [-0.39, 0.29) is 12.5 Å². The SMILES string of the molecule is COC(=O)c1ccc(CNc2nc(C(F)F)nc3ccccc23)nc1C1CC1. The molecule has 0 aliphatic heterocycles. The molecule has 1 saturated carbocycles. The largest absolute Gasteiger partial charge is 0.465 e. The number of esters is 1. The summed E-state index contributed by atoms with van der Waals surface area (Å²) < 4.78 is 31.1. The standard InChI is InChI=1S/C20H18F2N4O2/c1-28-20(27)14-9-8-12(24-16(14)11-6-7-11)10-23-18-13-4-2-3-5-15(13)25-19(26-18)17(21)22/h2-5,8-9,11,17H,6-7,10H2,1H3,(H,23,25,26). The number of anilines is 1. The van der Waals surface area contributed by atoms with Gasteiger partial charge in [-0.25, -0.2) is 23.5 Å². The zero-order valence-corrected chi connectivity index (χ0v) is 15.2. The number of ether oxygens (including phenoxy) is 1. The molecule has 1 aromatic carbocycles. The molecule has 6 nitrogen and oxygen atoms in total. The van der Waals surface area contributed by atoms with Crippen LogP contribution in [-0.4, -0.2) is 28.0 Å². The quantitative estimate of drug-likeness (QED) is 0.641. The van der Waals surface area contributed by atoms with E-state index in [1.165, 1.54) is 7.11 Å². The number of carbonyl (C=O) groups excluding carboxylic acids is 1. The van der Waals surface area contributed by atoms with Crippen LogP contribution in [0.5, 0.6) is 0 Å². The molecule has 1 fully saturated rings. The van der Waals surface area contributed by atoms with Crippen LogP contribution in [-0.2, 0) is 11.3 Å². The predicted octanol–water partition coefficient (Wildman–Crippen LogP) is 4.24. The molecule has 4 rings (SSSR count). The average molecular weight is 384 g/mol. The maximum Gasteiger partial charge on any atom is 0.339 e. The van der Waals surface area contributed by atoms with Crippen molar-refractivity contribution in [1.82, 2.24) is 15.0 Å². The van der Waals surface area contributed by atoms with Gasteiger partial charge in [0.25, 0.3) is 6.43 Å². The molecule has 0 amide bonds. The first-order valence-corrected chi connectivity index (χ1v) is 8.93. The highest BCUT2D eigenvalue weighted by Gasteiger charge is 2.30. The van der Waals surface area contributed by atoms with Gasteiger partial charge in [-0.1, -0.05) is 12.1 Å². The summed E-state index contributed by atoms with van der Waals surface area (Å²) in [5.74, 6) is -0.335. The van der Waals surface area contributed by atoms with Crippen molar-refractivity contribution >= 4 is 22.7 Å². The monoisotopic (exact) mass is 384 g/mol. The second-order valence-corrected chi connectivity index (χ2v) is 6.60. The van der Waals surface area contributed by atoms with E-state index in [1.807, 2.05) is 0 Å². The van der Waals surface area contributed by atoms with Crippen LogP contribution in [0.2, 0.25) is 0 Å². The lowest BCUT2D eigenvalue weighted by Gasteiger charge is -2.12. The van der Waals surface area contributed by atoms with Crippen molar-refractivity contribution in [2.24, 2.45) is 0 Å². The van der Waals surface area contributed by atoms with E-state index in [0.717, 1.165) is 18.5 Å². The van der Waals surface area contributed by atoms with Gasteiger partial charge in [0.1, 0.15) is 5.82 Å². The van der Waals surface area contributed by atoms with Gasteiger partial charge in [-0.2, -0.15) is 0 Å². The van der Waals surface area contributed by atoms with Crippen molar-refractivity contribution in [2.45, 2.75) is 31.7 Å². The van der Waals surface area contributed by atoms with Crippen LogP contribution in [0.1, 0.15) is 52.8 Å². The van der Waals surface area contributed by atoms with Gasteiger partial charge in [0.05, 0.1) is 36.1 Å². The summed E-state index contributed by atoms with van der Waals surface area (Å²) in [5, 5.41) is 3.74. The van der Waals surface area contributed by atoms with Crippen molar-refractivity contribution in [3.63, 3.8) is 0 Å². The Morgan fingerprint density at radius 1 is 1.18 bits per heavy atom. The molecular formula is C20H18F2N4O2. The molecule has 0 spiro atoms. The molecule has 1 aliphatic rings. The van der Waals surface area contributed by atoms with E-state index in [4.69, 9.17) is 4.74 Å². The van der Waals surface area contributed by atoms with Crippen molar-refractivity contribution in [3.05, 3.63) is 59.2 Å². The van der Waals surface area contributed by atoms with Crippen molar-refractivity contribution in [2.75, 3.05) is 12.4 Å². The fourth-order valence-corrected chi connectivity index (χ4v) is 3.07. The fourth-order valence-electron chi connectivity index (χ4n) is 3.07. The second-order valence-electron chi connectivity index (χ2n) is 6.60. The van der Waals surface area contributed by atoms with Gasteiger partial charge in [0.15, 0.2) is 5.82 Å². The summed E-state index contributed by atoms with van der Waals surface area (Å²) in [5.41, 5.74) is 2.34. The van der Waals surface area contributed by atoms with Gasteiger partial charge in [0.2, 0.25) is 0 Å². The van der Waals surface area contributed by atoms with Gasteiger partial charge >= 0.3 is 5.97 Å². The smallest absolute Gasteiger partial charge is 0.339 e. The molecule has 2 heterocycles. The normalized spacial score (nSPS) is 13.7. The minimum absolute atomic E-state index is 0.263. The van der Waals surface area contributed by atoms with E-state index in [2.05, 4.69) is 20.3 Å². The summed E-state index contributed by atoms with van der Waals surface area (Å²) in [6.45, 7) is 0.283. The molecule has 3 aromatic rings. The molecule has 0 saturated heterocycles. The van der Waals surface area contributed by atoms with E-state index in [1.54, 1.807) is 36.4 Å². The molecule has 1 N–H and O–H groups in total. The molecule has 1 aliphatic carbocycles. The van der Waals surface area contributed by atoms with Gasteiger partial charge in [-0.15, -0.1) is 0 Å². The first-order chi connectivity index (χ1) is 13.6. The number of alkyl halides is 2. The number of aromatic nitrogens is 3. The lowest BCUT2D eigenvalue weighted by molar-refractivity contribution is 0.0598. The number of para-hydroxylation sites is 1.